The fourth-order valence-corrected chi connectivity index (χ4v) is 5.75. The maximum atomic E-state index is 14.8. The number of nitrogens with two attached hydrogens (primary N) is 1. The largest absolute Gasteiger partial charge is 0.385 e. The Kier molecular flexibility index (Phi) is 8.72. The summed E-state index contributed by atoms with van der Waals surface area (Å²) in [4.78, 5) is 32.8. The number of aromatic nitrogens is 3. The number of rotatable bonds is 10. The van der Waals surface area contributed by atoms with E-state index >= 15 is 0 Å². The second-order valence-electron chi connectivity index (χ2n) is 10.6. The first kappa shape index (κ1) is 27.7. The van der Waals surface area contributed by atoms with E-state index in [1.54, 1.807) is 25.6 Å². The first-order valence-electron chi connectivity index (χ1n) is 13.9. The molecule has 1 amide bonds. The van der Waals surface area contributed by atoms with E-state index in [-0.39, 0.29) is 35.8 Å². The van der Waals surface area contributed by atoms with Gasteiger partial charge in [-0.25, -0.2) is 14.2 Å². The minimum absolute atomic E-state index is 0.0568. The Balaban J connectivity index is 1.23. The number of nitrogens with one attached hydrogen (secondary N) is 1. The summed E-state index contributed by atoms with van der Waals surface area (Å²) in [5.74, 6) is -0.0288. The maximum absolute atomic E-state index is 14.8. The number of benzene rings is 2. The monoisotopic (exact) mass is 545 g/mol. The molecule has 0 spiro atoms. The van der Waals surface area contributed by atoms with Crippen molar-refractivity contribution in [3.05, 3.63) is 88.5 Å². The Hall–Kier alpha value is -3.82. The van der Waals surface area contributed by atoms with Crippen LogP contribution in [-0.2, 0) is 22.5 Å². The zero-order chi connectivity index (χ0) is 28.1. The Labute approximate surface area is 233 Å². The highest BCUT2D eigenvalue weighted by molar-refractivity contribution is 5.82. The standard InChI is InChI=1S/C31H36FN5O3/c1-40-14-4-13-37-28(16-23-5-2-7-27(32)30(23)37)24-6-3-12-36(20-24)29(38)17-26(33)15-21-8-10-22(11-9-21)25-18-34-31(39)35-19-25/h2,5,7-11,16,18-19,24,26H,3-4,6,12-15,17,20,33H2,1H3,(H,34,35,39)/t24?,26-/m1/s1. The number of amides is 1. The van der Waals surface area contributed by atoms with Gasteiger partial charge in [-0.1, -0.05) is 36.4 Å². The van der Waals surface area contributed by atoms with Crippen LogP contribution in [0.3, 0.4) is 0 Å². The van der Waals surface area contributed by atoms with E-state index in [4.69, 9.17) is 10.5 Å². The number of H-pyrrole nitrogens is 1. The van der Waals surface area contributed by atoms with E-state index in [2.05, 4.69) is 20.6 Å². The molecule has 0 saturated carbocycles. The van der Waals surface area contributed by atoms with Crippen LogP contribution >= 0.6 is 0 Å². The zero-order valence-electron chi connectivity index (χ0n) is 22.8. The molecule has 1 aliphatic heterocycles. The number of hydrogen-bond acceptors (Lipinski definition) is 5. The summed E-state index contributed by atoms with van der Waals surface area (Å²) >= 11 is 0. The van der Waals surface area contributed by atoms with Gasteiger partial charge in [0, 0.05) is 80.8 Å². The highest BCUT2D eigenvalue weighted by Crippen LogP contribution is 2.33. The minimum Gasteiger partial charge on any atom is -0.385 e. The molecular weight excluding hydrogens is 509 g/mol. The molecule has 40 heavy (non-hydrogen) atoms. The van der Waals surface area contributed by atoms with Gasteiger partial charge in [0.05, 0.1) is 5.52 Å². The number of halogens is 1. The van der Waals surface area contributed by atoms with Crippen LogP contribution < -0.4 is 11.4 Å². The summed E-state index contributed by atoms with van der Waals surface area (Å²) in [6.45, 7) is 2.59. The fourth-order valence-electron chi connectivity index (χ4n) is 5.75. The lowest BCUT2D eigenvalue weighted by atomic mass is 9.93. The van der Waals surface area contributed by atoms with E-state index in [0.717, 1.165) is 47.0 Å². The van der Waals surface area contributed by atoms with Crippen LogP contribution in [0.4, 0.5) is 4.39 Å². The van der Waals surface area contributed by atoms with Crippen molar-refractivity contribution in [2.75, 3.05) is 26.8 Å². The third kappa shape index (κ3) is 6.32. The van der Waals surface area contributed by atoms with Gasteiger partial charge in [-0.05, 0) is 48.9 Å². The van der Waals surface area contributed by atoms with Crippen molar-refractivity contribution in [1.29, 1.82) is 0 Å². The highest BCUT2D eigenvalue weighted by atomic mass is 19.1. The van der Waals surface area contributed by atoms with E-state index < -0.39 is 0 Å². The number of aromatic amines is 1. The first-order valence-corrected chi connectivity index (χ1v) is 13.9. The molecule has 210 valence electrons. The number of para-hydroxylation sites is 1. The van der Waals surface area contributed by atoms with Crippen molar-refractivity contribution in [3.8, 4) is 11.1 Å². The van der Waals surface area contributed by atoms with Gasteiger partial charge in [-0.2, -0.15) is 0 Å². The number of fused-ring (bicyclic) bond motifs is 1. The SMILES string of the molecule is COCCCn1c(C2CCCN(C(=O)C[C@H](N)Cc3ccc(-c4cnc(=O)[nH]c4)cc3)C2)cc2cccc(F)c21. The molecule has 1 unspecified atom stereocenters. The van der Waals surface area contributed by atoms with Crippen molar-refractivity contribution in [2.45, 2.75) is 50.6 Å². The van der Waals surface area contributed by atoms with Gasteiger partial charge in [0.1, 0.15) is 5.82 Å². The number of ether oxygens (including phenoxy) is 1. The molecule has 8 nitrogen and oxygen atoms in total. The van der Waals surface area contributed by atoms with Crippen molar-refractivity contribution in [2.24, 2.45) is 5.73 Å². The van der Waals surface area contributed by atoms with Gasteiger partial charge < -0.3 is 24.9 Å². The second-order valence-corrected chi connectivity index (χ2v) is 10.6. The summed E-state index contributed by atoms with van der Waals surface area (Å²) in [7, 11) is 1.67. The normalized spacial score (nSPS) is 16.4. The minimum atomic E-state index is -0.380. The molecule has 3 heterocycles. The number of likely N-dealkylation sites (tertiary alicyclic amines) is 1. The van der Waals surface area contributed by atoms with Gasteiger partial charge in [0.25, 0.3) is 0 Å². The van der Waals surface area contributed by atoms with Crippen molar-refractivity contribution >= 4 is 16.8 Å². The van der Waals surface area contributed by atoms with Crippen molar-refractivity contribution < 1.29 is 13.9 Å². The number of carbonyl (C=O) groups is 1. The quantitative estimate of drug-likeness (QED) is 0.290. The number of nitrogens with zero attached hydrogens (tertiary/aromatic N) is 3. The molecule has 0 radical (unpaired) electrons. The molecule has 5 rings (SSSR count). The Morgan fingerprint density at radius 3 is 2.80 bits per heavy atom. The molecule has 9 heteroatoms. The summed E-state index contributed by atoms with van der Waals surface area (Å²) in [6, 6.07) is 14.9. The highest BCUT2D eigenvalue weighted by Gasteiger charge is 2.28. The predicted molar refractivity (Wildman–Crippen MR) is 154 cm³/mol. The van der Waals surface area contributed by atoms with Gasteiger partial charge in [-0.15, -0.1) is 0 Å². The topological polar surface area (TPSA) is 106 Å². The lowest BCUT2D eigenvalue weighted by Gasteiger charge is -2.34. The molecule has 2 aromatic carbocycles. The molecule has 0 bridgehead atoms. The van der Waals surface area contributed by atoms with Crippen LogP contribution in [0.1, 0.15) is 42.9 Å². The van der Waals surface area contributed by atoms with Gasteiger partial charge in [0.15, 0.2) is 0 Å². The average molecular weight is 546 g/mol. The Morgan fingerprint density at radius 1 is 1.23 bits per heavy atom. The van der Waals surface area contributed by atoms with E-state index in [1.165, 1.54) is 6.07 Å². The molecule has 3 N–H and O–H groups in total. The summed E-state index contributed by atoms with van der Waals surface area (Å²) in [5.41, 5.74) is 10.6. The number of piperidine rings is 1. The molecule has 1 saturated heterocycles. The van der Waals surface area contributed by atoms with Crippen molar-refractivity contribution in [3.63, 3.8) is 0 Å². The Morgan fingerprint density at radius 2 is 2.05 bits per heavy atom. The van der Waals surface area contributed by atoms with E-state index in [0.29, 0.717) is 38.2 Å². The summed E-state index contributed by atoms with van der Waals surface area (Å²) in [5, 5.41) is 0.890. The third-order valence-corrected chi connectivity index (χ3v) is 7.72. The van der Waals surface area contributed by atoms with Crippen LogP contribution in [0.15, 0.2) is 65.7 Å². The van der Waals surface area contributed by atoms with Gasteiger partial charge in [-0.3, -0.25) is 4.79 Å². The van der Waals surface area contributed by atoms with Gasteiger partial charge in [0.2, 0.25) is 5.91 Å². The van der Waals surface area contributed by atoms with Crippen LogP contribution in [-0.4, -0.2) is 58.2 Å². The lowest BCUT2D eigenvalue weighted by molar-refractivity contribution is -0.132. The molecule has 1 fully saturated rings. The van der Waals surface area contributed by atoms with Crippen LogP contribution in [0.2, 0.25) is 0 Å². The maximum Gasteiger partial charge on any atom is 0.344 e. The molecule has 4 aromatic rings. The van der Waals surface area contributed by atoms with E-state index in [9.17, 15) is 14.0 Å². The summed E-state index contributed by atoms with van der Waals surface area (Å²) in [6.07, 6.45) is 6.67. The average Bonchev–Trinajstić information content (AvgIpc) is 3.34. The number of carbonyl (C=O) groups excluding carboxylic acids is 1. The lowest BCUT2D eigenvalue weighted by Crippen LogP contribution is -2.42. The van der Waals surface area contributed by atoms with Crippen molar-refractivity contribution in [1.82, 2.24) is 19.4 Å². The second kappa shape index (κ2) is 12.6. The molecular formula is C31H36FN5O3. The predicted octanol–water partition coefficient (Wildman–Crippen LogP) is 4.23. The zero-order valence-corrected chi connectivity index (χ0v) is 22.8. The van der Waals surface area contributed by atoms with Crippen LogP contribution in [0.5, 0.6) is 0 Å². The summed E-state index contributed by atoms with van der Waals surface area (Å²) < 4.78 is 22.2. The van der Waals surface area contributed by atoms with Crippen LogP contribution in [0, 0.1) is 5.82 Å². The molecule has 1 aliphatic rings. The smallest absolute Gasteiger partial charge is 0.344 e. The fraction of sp³-hybridized carbons (Fsp3) is 0.387. The third-order valence-electron chi connectivity index (χ3n) is 7.72. The number of methoxy groups -OCH3 is 1. The number of hydrogen-bond donors (Lipinski definition) is 2. The van der Waals surface area contributed by atoms with Gasteiger partial charge >= 0.3 is 5.69 Å². The molecule has 2 aromatic heterocycles. The van der Waals surface area contributed by atoms with E-state index in [1.807, 2.05) is 35.2 Å². The van der Waals surface area contributed by atoms with Crippen LogP contribution in [0.25, 0.3) is 22.0 Å². The first-order chi connectivity index (χ1) is 19.4. The molecule has 0 aliphatic carbocycles. The molecule has 2 atom stereocenters. The Bertz CT molecular complexity index is 1490. The number of aryl methyl sites for hydroxylation is 1.